The fraction of sp³-hybridized carbons (Fsp3) is 0.0714. The van der Waals surface area contributed by atoms with Gasteiger partial charge in [-0.1, -0.05) is 6.07 Å². The number of halogens is 1. The van der Waals surface area contributed by atoms with Crippen LogP contribution < -0.4 is 5.32 Å². The average Bonchev–Trinajstić information content (AvgIpc) is 2.45. The lowest BCUT2D eigenvalue weighted by molar-refractivity contribution is 0.194. The van der Waals surface area contributed by atoms with Gasteiger partial charge in [0, 0.05) is 17.7 Å². The fourth-order valence-electron chi connectivity index (χ4n) is 1.68. The third-order valence-corrected chi connectivity index (χ3v) is 2.65. The lowest BCUT2D eigenvalue weighted by atomic mass is 10.1. The summed E-state index contributed by atoms with van der Waals surface area (Å²) in [5.41, 5.74) is 1.84. The first-order valence-corrected chi connectivity index (χ1v) is 5.73. The predicted octanol–water partition coefficient (Wildman–Crippen LogP) is 2.53. The van der Waals surface area contributed by atoms with Crippen molar-refractivity contribution in [3.63, 3.8) is 0 Å². The van der Waals surface area contributed by atoms with Gasteiger partial charge in [0.15, 0.2) is 0 Å². The van der Waals surface area contributed by atoms with Crippen LogP contribution in [-0.2, 0) is 6.54 Å². The van der Waals surface area contributed by atoms with Crippen LogP contribution in [0.5, 0.6) is 0 Å². The number of rotatable bonds is 3. The summed E-state index contributed by atoms with van der Waals surface area (Å²) in [5, 5.41) is 19.8. The number of aromatic nitrogens is 1. The molecule has 0 saturated carbocycles. The summed E-state index contributed by atoms with van der Waals surface area (Å²) in [6, 6.07) is 11.0. The van der Waals surface area contributed by atoms with Gasteiger partial charge in [-0.05, 0) is 30.3 Å². The van der Waals surface area contributed by atoms with Crippen LogP contribution in [0.15, 0.2) is 36.4 Å². The Balaban J connectivity index is 2.32. The van der Waals surface area contributed by atoms with E-state index in [1.165, 1.54) is 12.1 Å². The van der Waals surface area contributed by atoms with Crippen molar-refractivity contribution in [2.75, 3.05) is 0 Å². The molecule has 20 heavy (non-hydrogen) atoms. The molecule has 0 atom stereocenters. The standard InChI is InChI=1S/C14H10FN3O2/c15-11-4-1-9(2-5-11)12-6-3-10(8-17-14(19)20)13(7-16)18-12/h1-6,17H,8H2,(H,19,20). The third kappa shape index (κ3) is 3.09. The number of nitriles is 1. The normalized spacial score (nSPS) is 9.80. The predicted molar refractivity (Wildman–Crippen MR) is 69.2 cm³/mol. The van der Waals surface area contributed by atoms with E-state index in [4.69, 9.17) is 10.4 Å². The minimum atomic E-state index is -1.17. The van der Waals surface area contributed by atoms with Crippen molar-refractivity contribution < 1.29 is 14.3 Å². The van der Waals surface area contributed by atoms with Gasteiger partial charge >= 0.3 is 6.09 Å². The maximum absolute atomic E-state index is 12.9. The number of carbonyl (C=O) groups is 1. The van der Waals surface area contributed by atoms with E-state index >= 15 is 0 Å². The minimum absolute atomic E-state index is 0.00885. The average molecular weight is 271 g/mol. The molecule has 2 N–H and O–H groups in total. The van der Waals surface area contributed by atoms with Crippen LogP contribution in [0.25, 0.3) is 11.3 Å². The molecule has 1 aromatic heterocycles. The van der Waals surface area contributed by atoms with E-state index in [1.807, 2.05) is 6.07 Å². The Morgan fingerprint density at radius 1 is 1.30 bits per heavy atom. The molecule has 0 spiro atoms. The van der Waals surface area contributed by atoms with Crippen molar-refractivity contribution in [2.24, 2.45) is 0 Å². The number of benzene rings is 1. The van der Waals surface area contributed by atoms with Crippen molar-refractivity contribution >= 4 is 6.09 Å². The van der Waals surface area contributed by atoms with Gasteiger partial charge in [0.2, 0.25) is 0 Å². The van der Waals surface area contributed by atoms with E-state index in [1.54, 1.807) is 24.3 Å². The van der Waals surface area contributed by atoms with E-state index in [0.29, 0.717) is 16.8 Å². The molecule has 2 aromatic rings. The molecule has 100 valence electrons. The molecule has 0 aliphatic rings. The number of hydrogen-bond acceptors (Lipinski definition) is 3. The number of hydrogen-bond donors (Lipinski definition) is 2. The second kappa shape index (κ2) is 5.80. The summed E-state index contributed by atoms with van der Waals surface area (Å²) < 4.78 is 12.9. The smallest absolute Gasteiger partial charge is 0.404 e. The Morgan fingerprint density at radius 2 is 2.00 bits per heavy atom. The van der Waals surface area contributed by atoms with E-state index < -0.39 is 6.09 Å². The number of carboxylic acid groups (broad SMARTS) is 1. The number of amides is 1. The van der Waals surface area contributed by atoms with Crippen LogP contribution in [0, 0.1) is 17.1 Å². The fourth-order valence-corrected chi connectivity index (χ4v) is 1.68. The van der Waals surface area contributed by atoms with Gasteiger partial charge in [-0.2, -0.15) is 5.26 Å². The SMILES string of the molecule is N#Cc1nc(-c2ccc(F)cc2)ccc1CNC(=O)O. The highest BCUT2D eigenvalue weighted by molar-refractivity contribution is 5.65. The molecular formula is C14H10FN3O2. The van der Waals surface area contributed by atoms with Crippen molar-refractivity contribution in [3.05, 3.63) is 53.5 Å². The number of nitrogens with zero attached hydrogens (tertiary/aromatic N) is 2. The summed E-state index contributed by atoms with van der Waals surface area (Å²) >= 11 is 0. The molecule has 0 saturated heterocycles. The summed E-state index contributed by atoms with van der Waals surface area (Å²) in [4.78, 5) is 14.6. The van der Waals surface area contributed by atoms with Crippen LogP contribution >= 0.6 is 0 Å². The van der Waals surface area contributed by atoms with Gasteiger partial charge in [0.1, 0.15) is 17.6 Å². The molecule has 1 heterocycles. The van der Waals surface area contributed by atoms with Crippen LogP contribution in [-0.4, -0.2) is 16.2 Å². The topological polar surface area (TPSA) is 86.0 Å². The Kier molecular flexibility index (Phi) is 3.91. The molecule has 2 rings (SSSR count). The Bertz CT molecular complexity index is 678. The first-order chi connectivity index (χ1) is 9.60. The molecule has 0 aliphatic heterocycles. The Hall–Kier alpha value is -2.94. The van der Waals surface area contributed by atoms with Gasteiger partial charge in [0.05, 0.1) is 5.69 Å². The summed E-state index contributed by atoms with van der Waals surface area (Å²) in [7, 11) is 0. The summed E-state index contributed by atoms with van der Waals surface area (Å²) in [5.74, 6) is -0.350. The van der Waals surface area contributed by atoms with Crippen molar-refractivity contribution in [1.82, 2.24) is 10.3 Å². The molecule has 0 fully saturated rings. The molecule has 1 amide bonds. The lowest BCUT2D eigenvalue weighted by Gasteiger charge is -2.06. The van der Waals surface area contributed by atoms with E-state index in [-0.39, 0.29) is 18.1 Å². The van der Waals surface area contributed by atoms with Crippen molar-refractivity contribution in [1.29, 1.82) is 5.26 Å². The molecule has 5 nitrogen and oxygen atoms in total. The second-order valence-electron chi connectivity index (χ2n) is 3.98. The van der Waals surface area contributed by atoms with E-state index in [9.17, 15) is 9.18 Å². The van der Waals surface area contributed by atoms with Crippen molar-refractivity contribution in [2.45, 2.75) is 6.54 Å². The van der Waals surface area contributed by atoms with Crippen LogP contribution in [0.3, 0.4) is 0 Å². The summed E-state index contributed by atoms with van der Waals surface area (Å²) in [6.07, 6.45) is -1.17. The second-order valence-corrected chi connectivity index (χ2v) is 3.98. The zero-order valence-corrected chi connectivity index (χ0v) is 10.3. The molecule has 1 aromatic carbocycles. The number of nitrogens with one attached hydrogen (secondary N) is 1. The van der Waals surface area contributed by atoms with E-state index in [0.717, 1.165) is 0 Å². The zero-order chi connectivity index (χ0) is 14.5. The van der Waals surface area contributed by atoms with Gasteiger partial charge in [0.25, 0.3) is 0 Å². The van der Waals surface area contributed by atoms with Crippen molar-refractivity contribution in [3.8, 4) is 17.3 Å². The molecule has 6 heteroatoms. The largest absolute Gasteiger partial charge is 0.465 e. The monoisotopic (exact) mass is 271 g/mol. The van der Waals surface area contributed by atoms with Gasteiger partial charge in [-0.25, -0.2) is 14.2 Å². The van der Waals surface area contributed by atoms with Crippen LogP contribution in [0.4, 0.5) is 9.18 Å². The molecule has 0 unspecified atom stereocenters. The third-order valence-electron chi connectivity index (χ3n) is 2.65. The highest BCUT2D eigenvalue weighted by atomic mass is 19.1. The Morgan fingerprint density at radius 3 is 2.60 bits per heavy atom. The molecule has 0 bridgehead atoms. The molecular weight excluding hydrogens is 261 g/mol. The minimum Gasteiger partial charge on any atom is -0.465 e. The van der Waals surface area contributed by atoms with Gasteiger partial charge in [-0.3, -0.25) is 0 Å². The van der Waals surface area contributed by atoms with Gasteiger partial charge < -0.3 is 10.4 Å². The zero-order valence-electron chi connectivity index (χ0n) is 10.3. The lowest BCUT2D eigenvalue weighted by Crippen LogP contribution is -2.20. The van der Waals surface area contributed by atoms with E-state index in [2.05, 4.69) is 10.3 Å². The molecule has 0 radical (unpaired) electrons. The van der Waals surface area contributed by atoms with Gasteiger partial charge in [-0.15, -0.1) is 0 Å². The maximum atomic E-state index is 12.9. The maximum Gasteiger partial charge on any atom is 0.404 e. The van der Waals surface area contributed by atoms with Crippen LogP contribution in [0.2, 0.25) is 0 Å². The van der Waals surface area contributed by atoms with Crippen LogP contribution in [0.1, 0.15) is 11.3 Å². The quantitative estimate of drug-likeness (QED) is 0.898. The first kappa shape index (κ1) is 13.5. The number of pyridine rings is 1. The highest BCUT2D eigenvalue weighted by Gasteiger charge is 2.08. The molecule has 0 aliphatic carbocycles. The summed E-state index contributed by atoms with van der Waals surface area (Å²) in [6.45, 7) is 0.00885. The Labute approximate surface area is 114 Å². The highest BCUT2D eigenvalue weighted by Crippen LogP contribution is 2.19. The first-order valence-electron chi connectivity index (χ1n) is 5.73.